The van der Waals surface area contributed by atoms with E-state index in [-0.39, 0.29) is 18.6 Å². The van der Waals surface area contributed by atoms with Crippen molar-refractivity contribution in [1.82, 2.24) is 0 Å². The largest absolute Gasteiger partial charge is 0.392 e. The second-order valence-corrected chi connectivity index (χ2v) is 2.37. The molecule has 0 aliphatic heterocycles. The Kier molecular flexibility index (Phi) is 6.65. The summed E-state index contributed by atoms with van der Waals surface area (Å²) in [6, 6.07) is 0. The molecule has 0 aliphatic carbocycles. The summed E-state index contributed by atoms with van der Waals surface area (Å²) < 4.78 is 0. The van der Waals surface area contributed by atoms with Gasteiger partial charge >= 0.3 is 0 Å². The van der Waals surface area contributed by atoms with Gasteiger partial charge < -0.3 is 10.2 Å². The SMILES string of the molecule is C[CH-]C(CO)(C(C)O)[N+](=O)[O-].[V]. The number of aliphatic hydroxyl groups is 2. The minimum absolute atomic E-state index is 0. The van der Waals surface area contributed by atoms with Crippen LogP contribution in [-0.2, 0) is 18.6 Å². The number of aliphatic hydroxyl groups excluding tert-OH is 2. The number of nitro groups is 1. The molecule has 1 radical (unpaired) electrons. The molecular weight excluding hydrogens is 201 g/mol. The van der Waals surface area contributed by atoms with E-state index in [9.17, 15) is 10.1 Å². The molecule has 0 amide bonds. The first-order valence-corrected chi connectivity index (χ1v) is 3.25. The van der Waals surface area contributed by atoms with Gasteiger partial charge in [0.15, 0.2) is 5.54 Å². The Hall–Kier alpha value is -0.0956. The van der Waals surface area contributed by atoms with Crippen LogP contribution in [0.2, 0.25) is 0 Å². The van der Waals surface area contributed by atoms with Gasteiger partial charge in [-0.05, 0) is 11.8 Å². The molecule has 0 saturated carbocycles. The fourth-order valence-electron chi connectivity index (χ4n) is 0.780. The van der Waals surface area contributed by atoms with E-state index >= 15 is 0 Å². The summed E-state index contributed by atoms with van der Waals surface area (Å²) in [7, 11) is 0. The zero-order chi connectivity index (χ0) is 9.07. The summed E-state index contributed by atoms with van der Waals surface area (Å²) >= 11 is 0. The maximum Gasteiger partial charge on any atom is 0.158 e. The summed E-state index contributed by atoms with van der Waals surface area (Å²) in [6.45, 7) is 2.03. The van der Waals surface area contributed by atoms with E-state index in [0.29, 0.717) is 0 Å². The van der Waals surface area contributed by atoms with Crippen molar-refractivity contribution in [2.24, 2.45) is 0 Å². The predicted octanol–water partition coefficient (Wildman–Crippen LogP) is -0.403. The van der Waals surface area contributed by atoms with Crippen molar-refractivity contribution in [1.29, 1.82) is 0 Å². The predicted molar refractivity (Wildman–Crippen MR) is 38.5 cm³/mol. The third-order valence-electron chi connectivity index (χ3n) is 1.82. The van der Waals surface area contributed by atoms with Crippen molar-refractivity contribution in [2.45, 2.75) is 25.5 Å². The molecule has 0 saturated heterocycles. The van der Waals surface area contributed by atoms with Crippen LogP contribution in [0.4, 0.5) is 0 Å². The third kappa shape index (κ3) is 2.45. The molecule has 5 nitrogen and oxygen atoms in total. The van der Waals surface area contributed by atoms with Gasteiger partial charge in [-0.3, -0.25) is 10.1 Å². The van der Waals surface area contributed by atoms with Crippen molar-refractivity contribution in [3.05, 3.63) is 16.5 Å². The molecule has 0 bridgehead atoms. The molecule has 0 aromatic rings. The van der Waals surface area contributed by atoms with Crippen LogP contribution in [0.1, 0.15) is 13.8 Å². The van der Waals surface area contributed by atoms with Gasteiger partial charge in [0, 0.05) is 18.6 Å². The Morgan fingerprint density at radius 1 is 1.75 bits per heavy atom. The second-order valence-electron chi connectivity index (χ2n) is 2.37. The minimum atomic E-state index is -1.71. The number of hydrogen-bond donors (Lipinski definition) is 2. The van der Waals surface area contributed by atoms with Gasteiger partial charge in [-0.25, -0.2) is 6.42 Å². The Balaban J connectivity index is 0. The van der Waals surface area contributed by atoms with Crippen LogP contribution in [0.3, 0.4) is 0 Å². The van der Waals surface area contributed by atoms with Crippen molar-refractivity contribution in [2.75, 3.05) is 6.61 Å². The first-order chi connectivity index (χ1) is 5.01. The van der Waals surface area contributed by atoms with Crippen molar-refractivity contribution in [3.8, 4) is 0 Å². The average molecular weight is 213 g/mol. The maximum absolute atomic E-state index is 10.4. The molecule has 6 heteroatoms. The molecule has 2 unspecified atom stereocenters. The summed E-state index contributed by atoms with van der Waals surface area (Å²) in [5.41, 5.74) is -1.71. The number of rotatable bonds is 4. The van der Waals surface area contributed by atoms with E-state index in [2.05, 4.69) is 0 Å². The van der Waals surface area contributed by atoms with E-state index in [1.54, 1.807) is 0 Å². The van der Waals surface area contributed by atoms with E-state index in [1.807, 2.05) is 0 Å². The van der Waals surface area contributed by atoms with E-state index in [4.69, 9.17) is 10.2 Å². The van der Waals surface area contributed by atoms with Gasteiger partial charge in [-0.15, -0.1) is 0 Å². The Morgan fingerprint density at radius 3 is 2.17 bits per heavy atom. The normalized spacial score (nSPS) is 17.3. The van der Waals surface area contributed by atoms with Gasteiger partial charge in [-0.1, -0.05) is 0 Å². The average Bonchev–Trinajstić information content (AvgIpc) is 1.90. The molecule has 0 aliphatic rings. The van der Waals surface area contributed by atoms with Crippen molar-refractivity contribution < 1.29 is 33.7 Å². The molecule has 0 spiro atoms. The topological polar surface area (TPSA) is 83.6 Å². The zero-order valence-electron chi connectivity index (χ0n) is 6.97. The Bertz CT molecular complexity index is 146. The van der Waals surface area contributed by atoms with Crippen LogP contribution >= 0.6 is 0 Å². The minimum Gasteiger partial charge on any atom is -0.392 e. The van der Waals surface area contributed by atoms with Crippen LogP contribution in [0.5, 0.6) is 0 Å². The first-order valence-electron chi connectivity index (χ1n) is 3.25. The Labute approximate surface area is 82.8 Å². The van der Waals surface area contributed by atoms with E-state index in [1.165, 1.54) is 20.3 Å². The number of hydrogen-bond acceptors (Lipinski definition) is 4. The molecule has 0 rings (SSSR count). The van der Waals surface area contributed by atoms with Gasteiger partial charge in [0.25, 0.3) is 0 Å². The van der Waals surface area contributed by atoms with Gasteiger partial charge in [-0.2, -0.15) is 6.92 Å². The first kappa shape index (κ1) is 14.4. The van der Waals surface area contributed by atoms with Crippen molar-refractivity contribution >= 4 is 0 Å². The van der Waals surface area contributed by atoms with Crippen LogP contribution in [0, 0.1) is 16.5 Å². The monoisotopic (exact) mass is 213 g/mol. The van der Waals surface area contributed by atoms with Gasteiger partial charge in [0.05, 0.1) is 12.7 Å². The third-order valence-corrected chi connectivity index (χ3v) is 1.82. The fourth-order valence-corrected chi connectivity index (χ4v) is 0.780. The van der Waals surface area contributed by atoms with E-state index in [0.717, 1.165) is 0 Å². The quantitative estimate of drug-likeness (QED) is 0.378. The molecule has 0 fully saturated rings. The molecule has 2 atom stereocenters. The summed E-state index contributed by atoms with van der Waals surface area (Å²) in [5, 5.41) is 28.1. The Morgan fingerprint density at radius 2 is 2.17 bits per heavy atom. The molecule has 0 aromatic heterocycles. The molecule has 0 heterocycles. The summed E-state index contributed by atoms with van der Waals surface area (Å²) in [4.78, 5) is 9.70. The number of nitrogens with zero attached hydrogens (tertiary/aromatic N) is 1. The molecular formula is C6H12NO4V-. The summed E-state index contributed by atoms with van der Waals surface area (Å²) in [6.07, 6.45) is 0.00463. The van der Waals surface area contributed by atoms with Crippen LogP contribution < -0.4 is 0 Å². The zero-order valence-corrected chi connectivity index (χ0v) is 8.36. The molecule has 0 aromatic carbocycles. The second kappa shape index (κ2) is 5.53. The smallest absolute Gasteiger partial charge is 0.158 e. The van der Waals surface area contributed by atoms with E-state index < -0.39 is 23.2 Å². The summed E-state index contributed by atoms with van der Waals surface area (Å²) in [5.74, 6) is 0. The van der Waals surface area contributed by atoms with Gasteiger partial charge in [0.1, 0.15) is 0 Å². The molecule has 2 N–H and O–H groups in total. The van der Waals surface area contributed by atoms with Crippen LogP contribution in [0.25, 0.3) is 0 Å². The van der Waals surface area contributed by atoms with Gasteiger partial charge in [0.2, 0.25) is 0 Å². The molecule has 12 heavy (non-hydrogen) atoms. The molecule has 71 valence electrons. The maximum atomic E-state index is 10.4. The van der Waals surface area contributed by atoms with Crippen LogP contribution in [-0.4, -0.2) is 33.4 Å². The van der Waals surface area contributed by atoms with Crippen molar-refractivity contribution in [3.63, 3.8) is 0 Å². The standard InChI is InChI=1S/C6H12NO4.V/c1-3-6(4-8,5(2)9)7(10)11;/h3,5,8-9H,4H2,1-2H3;/q-1;. The van der Waals surface area contributed by atoms with Crippen LogP contribution in [0.15, 0.2) is 0 Å². The fraction of sp³-hybridized carbons (Fsp3) is 0.833.